The molecule has 0 aromatic heterocycles. The predicted molar refractivity (Wildman–Crippen MR) is 94.0 cm³/mol. The Bertz CT molecular complexity index is 1070. The van der Waals surface area contributed by atoms with E-state index in [4.69, 9.17) is 9.47 Å². The van der Waals surface area contributed by atoms with Crippen LogP contribution in [0.25, 0.3) is 21.9 Å². The highest BCUT2D eigenvalue weighted by atomic mass is 16.5. The van der Waals surface area contributed by atoms with Gasteiger partial charge in [-0.3, -0.25) is 4.79 Å². The van der Waals surface area contributed by atoms with Crippen LogP contribution in [0.3, 0.4) is 0 Å². The van der Waals surface area contributed by atoms with E-state index in [0.717, 1.165) is 5.56 Å². The maximum Gasteiger partial charge on any atom is 0.198 e. The molecule has 0 bridgehead atoms. The van der Waals surface area contributed by atoms with Crippen molar-refractivity contribution in [1.29, 1.82) is 0 Å². The van der Waals surface area contributed by atoms with Gasteiger partial charge in [0.15, 0.2) is 5.78 Å². The zero-order valence-electron chi connectivity index (χ0n) is 14.0. The van der Waals surface area contributed by atoms with Gasteiger partial charge in [-0.2, -0.15) is 0 Å². The summed E-state index contributed by atoms with van der Waals surface area (Å²) in [5.74, 6) is 0.267. The number of phenolic OH excluding ortho intramolecular Hbond substituents is 2. The number of ether oxygens (including phenoxy) is 2. The average Bonchev–Trinajstić information content (AvgIpc) is 2.91. The Morgan fingerprint density at radius 1 is 0.880 bits per heavy atom. The highest BCUT2D eigenvalue weighted by Gasteiger charge is 2.37. The van der Waals surface area contributed by atoms with Gasteiger partial charge >= 0.3 is 0 Å². The molecule has 1 aliphatic carbocycles. The molecule has 0 atom stereocenters. The summed E-state index contributed by atoms with van der Waals surface area (Å²) in [6.07, 6.45) is 0. The average molecular weight is 337 g/mol. The van der Waals surface area contributed by atoms with Gasteiger partial charge in [0.1, 0.15) is 23.0 Å². The molecule has 126 valence electrons. The van der Waals surface area contributed by atoms with Crippen molar-refractivity contribution in [3.63, 3.8) is 0 Å². The van der Waals surface area contributed by atoms with Crippen LogP contribution in [0.1, 0.15) is 21.5 Å². The minimum Gasteiger partial charge on any atom is -0.507 e. The molecule has 0 saturated heterocycles. The lowest BCUT2D eigenvalue weighted by molar-refractivity contribution is 0.104. The maximum atomic E-state index is 13.0. The highest BCUT2D eigenvalue weighted by molar-refractivity contribution is 6.28. The first-order chi connectivity index (χ1) is 12.0. The van der Waals surface area contributed by atoms with Crippen molar-refractivity contribution in [3.8, 4) is 34.1 Å². The molecule has 5 nitrogen and oxygen atoms in total. The Morgan fingerprint density at radius 2 is 1.60 bits per heavy atom. The van der Waals surface area contributed by atoms with Crippen molar-refractivity contribution < 1.29 is 24.5 Å². The van der Waals surface area contributed by atoms with E-state index in [1.807, 2.05) is 6.92 Å². The third-order valence-corrected chi connectivity index (χ3v) is 4.65. The van der Waals surface area contributed by atoms with E-state index in [-0.39, 0.29) is 22.8 Å². The van der Waals surface area contributed by atoms with Crippen LogP contribution >= 0.6 is 0 Å². The van der Waals surface area contributed by atoms with Crippen molar-refractivity contribution in [1.82, 2.24) is 0 Å². The number of hydrogen-bond donors (Lipinski definition) is 2. The lowest BCUT2D eigenvalue weighted by Gasteiger charge is -2.14. The summed E-state index contributed by atoms with van der Waals surface area (Å²) in [5, 5.41) is 22.5. The molecule has 2 N–H and O–H groups in total. The van der Waals surface area contributed by atoms with E-state index in [1.54, 1.807) is 30.3 Å². The number of methoxy groups -OCH3 is 2. The SMILES string of the molecule is COc1cc(C)cc2c1-c1c(c(O)c3c(OC)cccc3c1O)[13C]2=O. The molecule has 0 fully saturated rings. The summed E-state index contributed by atoms with van der Waals surface area (Å²) in [7, 11) is 2.99. The molecule has 0 aliphatic heterocycles. The van der Waals surface area contributed by atoms with Crippen molar-refractivity contribution in [2.45, 2.75) is 6.92 Å². The van der Waals surface area contributed by atoms with Crippen LogP contribution in [0.4, 0.5) is 0 Å². The maximum absolute atomic E-state index is 13.0. The molecule has 0 amide bonds. The standard InChI is InChI=1S/C20H16O5/c1-9-7-11-14(13(8-9)25-3)16-17(19(11)22)20(23)15-10(18(16)21)5-4-6-12(15)24-2/h4-8,21,23H,1-3H3/i19+1. The van der Waals surface area contributed by atoms with Gasteiger partial charge in [0.25, 0.3) is 0 Å². The van der Waals surface area contributed by atoms with Crippen LogP contribution in [0, 0.1) is 6.92 Å². The third-order valence-electron chi connectivity index (χ3n) is 4.65. The van der Waals surface area contributed by atoms with Crippen molar-refractivity contribution in [3.05, 3.63) is 47.0 Å². The molecule has 3 aromatic carbocycles. The van der Waals surface area contributed by atoms with Crippen LogP contribution in [-0.4, -0.2) is 30.2 Å². The monoisotopic (exact) mass is 337 g/mol. The van der Waals surface area contributed by atoms with Crippen LogP contribution in [0.2, 0.25) is 0 Å². The highest BCUT2D eigenvalue weighted by Crippen LogP contribution is 2.55. The number of carbonyl (C=O) groups excluding carboxylic acids is 1. The Morgan fingerprint density at radius 3 is 2.28 bits per heavy atom. The molecule has 0 heterocycles. The van der Waals surface area contributed by atoms with Gasteiger partial charge in [-0.15, -0.1) is 0 Å². The summed E-state index contributed by atoms with van der Waals surface area (Å²) in [6.45, 7) is 1.86. The molecule has 5 heteroatoms. The first kappa shape index (κ1) is 15.3. The first-order valence-electron chi connectivity index (χ1n) is 7.77. The zero-order chi connectivity index (χ0) is 17.9. The van der Waals surface area contributed by atoms with Crippen LogP contribution in [0.5, 0.6) is 23.0 Å². The molecular weight excluding hydrogens is 321 g/mol. The van der Waals surface area contributed by atoms with Crippen molar-refractivity contribution >= 4 is 16.6 Å². The summed E-state index contributed by atoms with van der Waals surface area (Å²) in [5.41, 5.74) is 2.15. The largest absolute Gasteiger partial charge is 0.507 e. The van der Waals surface area contributed by atoms with Gasteiger partial charge < -0.3 is 19.7 Å². The fraction of sp³-hybridized carbons (Fsp3) is 0.150. The van der Waals surface area contributed by atoms with Gasteiger partial charge in [-0.1, -0.05) is 12.1 Å². The van der Waals surface area contributed by atoms with Crippen molar-refractivity contribution in [2.24, 2.45) is 0 Å². The summed E-state index contributed by atoms with van der Waals surface area (Å²) < 4.78 is 10.7. The minimum absolute atomic E-state index is 0.0732. The number of rotatable bonds is 2. The number of carbonyl (C=O) groups is 1. The van der Waals surface area contributed by atoms with E-state index in [0.29, 0.717) is 39.0 Å². The van der Waals surface area contributed by atoms with E-state index >= 15 is 0 Å². The lowest BCUT2D eigenvalue weighted by Crippen LogP contribution is -1.98. The van der Waals surface area contributed by atoms with E-state index in [1.165, 1.54) is 14.2 Å². The smallest absolute Gasteiger partial charge is 0.198 e. The Balaban J connectivity index is 2.22. The van der Waals surface area contributed by atoms with Crippen molar-refractivity contribution in [2.75, 3.05) is 14.2 Å². The van der Waals surface area contributed by atoms with Crippen LogP contribution in [0.15, 0.2) is 30.3 Å². The second kappa shape index (κ2) is 5.14. The van der Waals surface area contributed by atoms with Gasteiger partial charge in [0, 0.05) is 22.1 Å². The molecule has 25 heavy (non-hydrogen) atoms. The number of ketones is 1. The van der Waals surface area contributed by atoms with Crippen LogP contribution < -0.4 is 9.47 Å². The van der Waals surface area contributed by atoms with Crippen LogP contribution in [-0.2, 0) is 0 Å². The number of hydrogen-bond acceptors (Lipinski definition) is 5. The fourth-order valence-electron chi connectivity index (χ4n) is 3.59. The molecule has 4 rings (SSSR count). The zero-order valence-corrected chi connectivity index (χ0v) is 14.0. The second-order valence-corrected chi connectivity index (χ2v) is 6.05. The number of fused-ring (bicyclic) bond motifs is 4. The summed E-state index contributed by atoms with van der Waals surface area (Å²) >= 11 is 0. The number of phenols is 2. The van der Waals surface area contributed by atoms with Gasteiger partial charge in [0.2, 0.25) is 0 Å². The van der Waals surface area contributed by atoms with E-state index in [2.05, 4.69) is 0 Å². The summed E-state index contributed by atoms with van der Waals surface area (Å²) in [4.78, 5) is 13.0. The lowest BCUT2D eigenvalue weighted by atomic mass is 9.96. The number of benzene rings is 3. The Labute approximate surface area is 144 Å². The molecule has 0 saturated carbocycles. The number of aryl methyl sites for hydroxylation is 1. The second-order valence-electron chi connectivity index (χ2n) is 6.05. The third kappa shape index (κ3) is 1.86. The molecule has 1 aliphatic rings. The fourth-order valence-corrected chi connectivity index (χ4v) is 3.59. The quantitative estimate of drug-likeness (QED) is 0.430. The molecule has 0 spiro atoms. The molecule has 3 aromatic rings. The number of aromatic hydroxyl groups is 2. The molecule has 0 radical (unpaired) electrons. The van der Waals surface area contributed by atoms with E-state index < -0.39 is 0 Å². The topological polar surface area (TPSA) is 76.0 Å². The molecular formula is C20H16O5. The first-order valence-corrected chi connectivity index (χ1v) is 7.77. The van der Waals surface area contributed by atoms with Gasteiger partial charge in [0.05, 0.1) is 25.2 Å². The Hall–Kier alpha value is -3.21. The minimum atomic E-state index is -0.340. The molecule has 0 unspecified atom stereocenters. The normalized spacial score (nSPS) is 12.2. The van der Waals surface area contributed by atoms with E-state index in [9.17, 15) is 15.0 Å². The summed E-state index contributed by atoms with van der Waals surface area (Å²) in [6, 6.07) is 8.60. The predicted octanol–water partition coefficient (Wildman–Crippen LogP) is 3.79. The van der Waals surface area contributed by atoms with Gasteiger partial charge in [-0.25, -0.2) is 0 Å². The van der Waals surface area contributed by atoms with Gasteiger partial charge in [-0.05, 0) is 30.7 Å². The Kier molecular flexibility index (Phi) is 3.15.